The van der Waals surface area contributed by atoms with Gasteiger partial charge in [-0.25, -0.2) is 0 Å². The zero-order valence-corrected chi connectivity index (χ0v) is 13.9. The van der Waals surface area contributed by atoms with E-state index in [0.29, 0.717) is 25.5 Å². The van der Waals surface area contributed by atoms with Crippen molar-refractivity contribution in [1.29, 1.82) is 0 Å². The molecule has 0 aromatic heterocycles. The summed E-state index contributed by atoms with van der Waals surface area (Å²) in [5.41, 5.74) is 7.01. The molecule has 0 fully saturated rings. The van der Waals surface area contributed by atoms with E-state index < -0.39 is 6.04 Å². The molecule has 0 heterocycles. The molecule has 0 bridgehead atoms. The van der Waals surface area contributed by atoms with Crippen molar-refractivity contribution in [3.8, 4) is 5.75 Å². The predicted octanol–water partition coefficient (Wildman–Crippen LogP) is 2.68. The summed E-state index contributed by atoms with van der Waals surface area (Å²) in [5, 5.41) is 2.84. The third kappa shape index (κ3) is 8.58. The van der Waals surface area contributed by atoms with E-state index in [1.54, 1.807) is 0 Å². The van der Waals surface area contributed by atoms with Crippen LogP contribution in [0.2, 0.25) is 0 Å². The van der Waals surface area contributed by atoms with Gasteiger partial charge in [-0.15, -0.1) is 12.4 Å². The topological polar surface area (TPSA) is 64.3 Å². The zero-order valence-electron chi connectivity index (χ0n) is 13.1. The van der Waals surface area contributed by atoms with Gasteiger partial charge in [-0.1, -0.05) is 31.5 Å². The van der Waals surface area contributed by atoms with Gasteiger partial charge in [0.15, 0.2) is 0 Å². The highest BCUT2D eigenvalue weighted by Gasteiger charge is 2.13. The SMILES string of the molecule is Cc1ccc(OCCCNC(=O)[C@@H](N)CC(C)C)cc1.Cl. The number of hydrogen-bond donors (Lipinski definition) is 2. The molecule has 0 unspecified atom stereocenters. The third-order valence-corrected chi connectivity index (χ3v) is 2.97. The molecule has 1 aromatic rings. The van der Waals surface area contributed by atoms with E-state index in [1.807, 2.05) is 31.2 Å². The zero-order chi connectivity index (χ0) is 15.0. The average molecular weight is 315 g/mol. The van der Waals surface area contributed by atoms with E-state index in [9.17, 15) is 4.79 Å². The van der Waals surface area contributed by atoms with Crippen LogP contribution < -0.4 is 15.8 Å². The Hall–Kier alpha value is -1.26. The van der Waals surface area contributed by atoms with Gasteiger partial charge in [-0.2, -0.15) is 0 Å². The average Bonchev–Trinajstić information content (AvgIpc) is 2.39. The van der Waals surface area contributed by atoms with Crippen LogP contribution in [0.1, 0.15) is 32.3 Å². The number of nitrogens with one attached hydrogen (secondary N) is 1. The van der Waals surface area contributed by atoms with Crippen LogP contribution in [-0.4, -0.2) is 25.1 Å². The lowest BCUT2D eigenvalue weighted by Gasteiger charge is -2.14. The summed E-state index contributed by atoms with van der Waals surface area (Å²) in [6, 6.07) is 7.52. The maximum absolute atomic E-state index is 11.7. The Kier molecular flexibility index (Phi) is 9.84. The van der Waals surface area contributed by atoms with Crippen molar-refractivity contribution in [3.63, 3.8) is 0 Å². The first-order valence-corrected chi connectivity index (χ1v) is 7.22. The molecule has 0 aliphatic heterocycles. The lowest BCUT2D eigenvalue weighted by atomic mass is 10.0. The maximum Gasteiger partial charge on any atom is 0.236 e. The second-order valence-electron chi connectivity index (χ2n) is 5.54. The van der Waals surface area contributed by atoms with Crippen LogP contribution in [0.25, 0.3) is 0 Å². The molecule has 0 saturated carbocycles. The highest BCUT2D eigenvalue weighted by Crippen LogP contribution is 2.11. The number of carbonyl (C=O) groups excluding carboxylic acids is 1. The quantitative estimate of drug-likeness (QED) is 0.725. The molecule has 0 radical (unpaired) electrons. The summed E-state index contributed by atoms with van der Waals surface area (Å²) >= 11 is 0. The van der Waals surface area contributed by atoms with Gasteiger partial charge in [0.2, 0.25) is 5.91 Å². The van der Waals surface area contributed by atoms with Gasteiger partial charge in [-0.05, 0) is 37.8 Å². The Morgan fingerprint density at radius 1 is 1.29 bits per heavy atom. The van der Waals surface area contributed by atoms with E-state index in [-0.39, 0.29) is 18.3 Å². The van der Waals surface area contributed by atoms with Crippen LogP contribution >= 0.6 is 12.4 Å². The number of amides is 1. The van der Waals surface area contributed by atoms with Gasteiger partial charge >= 0.3 is 0 Å². The second kappa shape index (κ2) is 10.5. The van der Waals surface area contributed by atoms with E-state index in [4.69, 9.17) is 10.5 Å². The van der Waals surface area contributed by atoms with Crippen molar-refractivity contribution < 1.29 is 9.53 Å². The molecular formula is C16H27ClN2O2. The van der Waals surface area contributed by atoms with E-state index >= 15 is 0 Å². The predicted molar refractivity (Wildman–Crippen MR) is 89.0 cm³/mol. The number of ether oxygens (including phenoxy) is 1. The number of nitrogens with two attached hydrogens (primary N) is 1. The molecule has 4 nitrogen and oxygen atoms in total. The molecular weight excluding hydrogens is 288 g/mol. The Bertz CT molecular complexity index is 407. The fraction of sp³-hybridized carbons (Fsp3) is 0.562. The van der Waals surface area contributed by atoms with Gasteiger partial charge in [0.05, 0.1) is 12.6 Å². The first kappa shape index (κ1) is 19.7. The van der Waals surface area contributed by atoms with Crippen molar-refractivity contribution >= 4 is 18.3 Å². The molecule has 1 aromatic carbocycles. The summed E-state index contributed by atoms with van der Waals surface area (Å²) in [7, 11) is 0. The summed E-state index contributed by atoms with van der Waals surface area (Å²) < 4.78 is 5.59. The summed E-state index contributed by atoms with van der Waals surface area (Å²) in [6.45, 7) is 7.34. The Morgan fingerprint density at radius 3 is 2.48 bits per heavy atom. The molecule has 1 rings (SSSR count). The Morgan fingerprint density at radius 2 is 1.90 bits per heavy atom. The first-order chi connectivity index (χ1) is 9.49. The minimum absolute atomic E-state index is 0. The number of aryl methyl sites for hydroxylation is 1. The molecule has 120 valence electrons. The molecule has 0 saturated heterocycles. The lowest BCUT2D eigenvalue weighted by molar-refractivity contribution is -0.122. The molecule has 0 aliphatic carbocycles. The molecule has 0 aliphatic rings. The normalized spacial score (nSPS) is 11.7. The summed E-state index contributed by atoms with van der Waals surface area (Å²) in [5.74, 6) is 1.22. The van der Waals surface area contributed by atoms with E-state index in [0.717, 1.165) is 12.2 Å². The summed E-state index contributed by atoms with van der Waals surface area (Å²) in [6.07, 6.45) is 1.49. The molecule has 5 heteroatoms. The monoisotopic (exact) mass is 314 g/mol. The van der Waals surface area contributed by atoms with Crippen molar-refractivity contribution in [2.45, 2.75) is 39.7 Å². The minimum Gasteiger partial charge on any atom is -0.494 e. The standard InChI is InChI=1S/C16H26N2O2.ClH/c1-12(2)11-15(17)16(19)18-9-4-10-20-14-7-5-13(3)6-8-14;/h5-8,12,15H,4,9-11,17H2,1-3H3,(H,18,19);1H/t15-;/m0./s1. The van der Waals surface area contributed by atoms with Crippen LogP contribution in [0, 0.1) is 12.8 Å². The fourth-order valence-electron chi connectivity index (χ4n) is 1.85. The van der Waals surface area contributed by atoms with Crippen LogP contribution in [-0.2, 0) is 4.79 Å². The molecule has 1 amide bonds. The molecule has 21 heavy (non-hydrogen) atoms. The highest BCUT2D eigenvalue weighted by molar-refractivity contribution is 5.85. The maximum atomic E-state index is 11.7. The second-order valence-corrected chi connectivity index (χ2v) is 5.54. The highest BCUT2D eigenvalue weighted by atomic mass is 35.5. The van der Waals surface area contributed by atoms with Gasteiger partial charge < -0.3 is 15.8 Å². The first-order valence-electron chi connectivity index (χ1n) is 7.22. The van der Waals surface area contributed by atoms with Crippen LogP contribution in [0.3, 0.4) is 0 Å². The van der Waals surface area contributed by atoms with E-state index in [1.165, 1.54) is 5.56 Å². The molecule has 0 spiro atoms. The summed E-state index contributed by atoms with van der Waals surface area (Å²) in [4.78, 5) is 11.7. The van der Waals surface area contributed by atoms with Crippen molar-refractivity contribution in [2.24, 2.45) is 11.7 Å². The van der Waals surface area contributed by atoms with Crippen molar-refractivity contribution in [1.82, 2.24) is 5.32 Å². The van der Waals surface area contributed by atoms with Gasteiger partial charge in [0, 0.05) is 6.54 Å². The number of benzene rings is 1. The number of carbonyl (C=O) groups is 1. The van der Waals surface area contributed by atoms with Crippen LogP contribution in [0.15, 0.2) is 24.3 Å². The third-order valence-electron chi connectivity index (χ3n) is 2.97. The molecule has 1 atom stereocenters. The number of halogens is 1. The number of hydrogen-bond acceptors (Lipinski definition) is 3. The lowest BCUT2D eigenvalue weighted by Crippen LogP contribution is -2.41. The largest absolute Gasteiger partial charge is 0.494 e. The smallest absolute Gasteiger partial charge is 0.236 e. The van der Waals surface area contributed by atoms with Gasteiger partial charge in [0.1, 0.15) is 5.75 Å². The fourth-order valence-corrected chi connectivity index (χ4v) is 1.85. The van der Waals surface area contributed by atoms with Gasteiger partial charge in [0.25, 0.3) is 0 Å². The Balaban J connectivity index is 0.00000400. The Labute approximate surface area is 133 Å². The van der Waals surface area contributed by atoms with Gasteiger partial charge in [-0.3, -0.25) is 4.79 Å². The number of rotatable bonds is 8. The molecule has 3 N–H and O–H groups in total. The van der Waals surface area contributed by atoms with Crippen LogP contribution in [0.4, 0.5) is 0 Å². The van der Waals surface area contributed by atoms with E-state index in [2.05, 4.69) is 19.2 Å². The van der Waals surface area contributed by atoms with Crippen molar-refractivity contribution in [3.05, 3.63) is 29.8 Å². The minimum atomic E-state index is -0.409. The van der Waals surface area contributed by atoms with Crippen molar-refractivity contribution in [2.75, 3.05) is 13.2 Å². The van der Waals surface area contributed by atoms with Crippen LogP contribution in [0.5, 0.6) is 5.75 Å².